The molecule has 180 valence electrons. The maximum absolute atomic E-state index is 13.8. The zero-order chi connectivity index (χ0) is 24.4. The smallest absolute Gasteiger partial charge is 0.259 e. The molecule has 1 N–H and O–H groups in total. The Labute approximate surface area is 210 Å². The van der Waals surface area contributed by atoms with Crippen molar-refractivity contribution >= 4 is 29.3 Å². The molecule has 1 saturated carbocycles. The molecule has 2 aliphatic rings. The highest BCUT2D eigenvalue weighted by atomic mass is 32.2. The predicted molar refractivity (Wildman–Crippen MR) is 139 cm³/mol. The van der Waals surface area contributed by atoms with Crippen LogP contribution >= 0.6 is 11.8 Å². The fraction of sp³-hybridized carbons (Fsp3) is 0.310. The fourth-order valence-corrected chi connectivity index (χ4v) is 6.01. The molecule has 0 saturated heterocycles. The first-order valence-electron chi connectivity index (χ1n) is 12.2. The van der Waals surface area contributed by atoms with Crippen LogP contribution in [-0.2, 0) is 6.54 Å². The number of benzene rings is 3. The molecule has 0 aromatic heterocycles. The van der Waals surface area contributed by atoms with E-state index in [1.807, 2.05) is 66.7 Å². The van der Waals surface area contributed by atoms with Gasteiger partial charge >= 0.3 is 0 Å². The van der Waals surface area contributed by atoms with Crippen molar-refractivity contribution in [2.45, 2.75) is 55.0 Å². The lowest BCUT2D eigenvalue weighted by molar-refractivity contribution is 0.0908. The molecule has 0 radical (unpaired) electrons. The maximum atomic E-state index is 13.8. The molecule has 2 unspecified atom stereocenters. The average molecular weight is 487 g/mol. The minimum Gasteiger partial charge on any atom is -0.497 e. The van der Waals surface area contributed by atoms with Crippen molar-refractivity contribution in [2.75, 3.05) is 12.0 Å². The second-order valence-corrected chi connectivity index (χ2v) is 10.4. The van der Waals surface area contributed by atoms with E-state index in [1.165, 1.54) is 6.42 Å². The number of hydrogen-bond donors (Lipinski definition) is 1. The summed E-state index contributed by atoms with van der Waals surface area (Å²) in [6, 6.07) is 21.3. The number of nitrogens with zero attached hydrogens (tertiary/aromatic N) is 1. The second kappa shape index (κ2) is 10.2. The van der Waals surface area contributed by atoms with E-state index in [2.05, 4.69) is 12.2 Å². The second-order valence-electron chi connectivity index (χ2n) is 9.37. The highest BCUT2D eigenvalue weighted by molar-refractivity contribution is 7.99. The number of fused-ring (bicyclic) bond motifs is 2. The van der Waals surface area contributed by atoms with Crippen molar-refractivity contribution in [2.24, 2.45) is 5.92 Å². The summed E-state index contributed by atoms with van der Waals surface area (Å²) >= 11 is 1.57. The Morgan fingerprint density at radius 3 is 2.69 bits per heavy atom. The van der Waals surface area contributed by atoms with Crippen LogP contribution in [-0.4, -0.2) is 25.0 Å². The summed E-state index contributed by atoms with van der Waals surface area (Å²) in [4.78, 5) is 30.7. The Balaban J connectivity index is 1.51. The summed E-state index contributed by atoms with van der Waals surface area (Å²) in [5, 5.41) is 3.25. The Bertz CT molecular complexity index is 1260. The molecule has 2 amide bonds. The Morgan fingerprint density at radius 1 is 1.03 bits per heavy atom. The first-order chi connectivity index (χ1) is 17.0. The van der Waals surface area contributed by atoms with Gasteiger partial charge in [-0.05, 0) is 66.8 Å². The van der Waals surface area contributed by atoms with Gasteiger partial charge in [0.25, 0.3) is 11.8 Å². The third-order valence-electron chi connectivity index (χ3n) is 7.00. The van der Waals surface area contributed by atoms with Crippen LogP contribution < -0.4 is 15.0 Å². The molecule has 0 spiro atoms. The topological polar surface area (TPSA) is 58.6 Å². The highest BCUT2D eigenvalue weighted by Crippen LogP contribution is 2.42. The molecule has 3 aromatic rings. The van der Waals surface area contributed by atoms with Gasteiger partial charge in [0.05, 0.1) is 24.9 Å². The van der Waals surface area contributed by atoms with Crippen molar-refractivity contribution in [1.82, 2.24) is 5.32 Å². The average Bonchev–Trinajstić information content (AvgIpc) is 2.99. The summed E-state index contributed by atoms with van der Waals surface area (Å²) in [7, 11) is 1.64. The number of rotatable bonds is 5. The third kappa shape index (κ3) is 4.94. The molecule has 1 aliphatic heterocycles. The molecule has 6 heteroatoms. The summed E-state index contributed by atoms with van der Waals surface area (Å²) in [6.45, 7) is 2.59. The van der Waals surface area contributed by atoms with E-state index < -0.39 is 0 Å². The van der Waals surface area contributed by atoms with Crippen LogP contribution in [0.5, 0.6) is 5.75 Å². The van der Waals surface area contributed by atoms with Crippen LogP contribution in [0.2, 0.25) is 0 Å². The fourth-order valence-electron chi connectivity index (χ4n) is 4.95. The largest absolute Gasteiger partial charge is 0.497 e. The summed E-state index contributed by atoms with van der Waals surface area (Å²) in [5.41, 5.74) is 2.96. The van der Waals surface area contributed by atoms with Gasteiger partial charge in [0.1, 0.15) is 5.75 Å². The summed E-state index contributed by atoms with van der Waals surface area (Å²) in [5.74, 6) is 1.07. The van der Waals surface area contributed by atoms with Gasteiger partial charge < -0.3 is 15.0 Å². The number of carbonyl (C=O) groups excluding carboxylic acids is 2. The Kier molecular flexibility index (Phi) is 6.82. The molecule has 5 nitrogen and oxygen atoms in total. The quantitative estimate of drug-likeness (QED) is 0.459. The van der Waals surface area contributed by atoms with Crippen LogP contribution in [0.15, 0.2) is 76.5 Å². The standard InChI is InChI=1S/C29H30N2O3S/c1-19-8-3-5-12-24(19)30-28(32)21-14-15-27-25(17-21)31(18-20-9-7-10-22(16-20)34-2)29(33)23-11-4-6-13-26(23)35-27/h4,6-7,9-11,13-17,19,24H,3,5,8,12,18H2,1-2H3,(H,30,32). The predicted octanol–water partition coefficient (Wildman–Crippen LogP) is 6.32. The Morgan fingerprint density at radius 2 is 1.86 bits per heavy atom. The van der Waals surface area contributed by atoms with Crippen molar-refractivity contribution < 1.29 is 14.3 Å². The lowest BCUT2D eigenvalue weighted by Crippen LogP contribution is -2.41. The number of hydrogen-bond acceptors (Lipinski definition) is 4. The summed E-state index contributed by atoms with van der Waals surface area (Å²) in [6.07, 6.45) is 4.54. The number of methoxy groups -OCH3 is 1. The molecule has 1 heterocycles. The van der Waals surface area contributed by atoms with E-state index in [0.717, 1.165) is 46.1 Å². The van der Waals surface area contributed by atoms with E-state index in [1.54, 1.807) is 23.8 Å². The van der Waals surface area contributed by atoms with Crippen LogP contribution in [0.25, 0.3) is 0 Å². The lowest BCUT2D eigenvalue weighted by atomic mass is 9.86. The molecule has 1 fully saturated rings. The van der Waals surface area contributed by atoms with E-state index >= 15 is 0 Å². The third-order valence-corrected chi connectivity index (χ3v) is 8.14. The number of amides is 2. The number of nitrogens with one attached hydrogen (secondary N) is 1. The van der Waals surface area contributed by atoms with Crippen LogP contribution in [0, 0.1) is 5.92 Å². The van der Waals surface area contributed by atoms with Gasteiger partial charge in [-0.2, -0.15) is 0 Å². The van der Waals surface area contributed by atoms with E-state index in [4.69, 9.17) is 4.74 Å². The minimum atomic E-state index is -0.0768. The van der Waals surface area contributed by atoms with Crippen molar-refractivity contribution in [3.8, 4) is 5.75 Å². The Hall–Kier alpha value is -3.25. The molecule has 3 aromatic carbocycles. The monoisotopic (exact) mass is 486 g/mol. The van der Waals surface area contributed by atoms with E-state index in [9.17, 15) is 9.59 Å². The van der Waals surface area contributed by atoms with Crippen LogP contribution in [0.1, 0.15) is 58.9 Å². The van der Waals surface area contributed by atoms with Gasteiger partial charge in [-0.25, -0.2) is 0 Å². The minimum absolute atomic E-state index is 0.0758. The molecule has 35 heavy (non-hydrogen) atoms. The SMILES string of the molecule is COc1cccc(CN2C(=O)c3ccccc3Sc3ccc(C(=O)NC4CCCCC4C)cc32)c1. The molecule has 2 atom stereocenters. The molecule has 0 bridgehead atoms. The van der Waals surface area contributed by atoms with Gasteiger partial charge in [0.15, 0.2) is 0 Å². The van der Waals surface area contributed by atoms with Gasteiger partial charge in [0.2, 0.25) is 0 Å². The van der Waals surface area contributed by atoms with E-state index in [-0.39, 0.29) is 17.9 Å². The van der Waals surface area contributed by atoms with Gasteiger partial charge in [-0.3, -0.25) is 9.59 Å². The molecular formula is C29H30N2O3S. The molecule has 5 rings (SSSR count). The molecular weight excluding hydrogens is 456 g/mol. The normalized spacial score (nSPS) is 19.4. The van der Waals surface area contributed by atoms with Crippen molar-refractivity contribution in [3.05, 3.63) is 83.4 Å². The number of ether oxygens (including phenoxy) is 1. The zero-order valence-corrected chi connectivity index (χ0v) is 20.9. The van der Waals surface area contributed by atoms with E-state index in [0.29, 0.717) is 23.6 Å². The van der Waals surface area contributed by atoms with Crippen molar-refractivity contribution in [3.63, 3.8) is 0 Å². The lowest BCUT2D eigenvalue weighted by Gasteiger charge is -2.29. The zero-order valence-electron chi connectivity index (χ0n) is 20.1. The first-order valence-corrected chi connectivity index (χ1v) is 13.0. The van der Waals surface area contributed by atoms with Gasteiger partial charge in [0, 0.05) is 21.4 Å². The number of carbonyl (C=O) groups is 2. The summed E-state index contributed by atoms with van der Waals surface area (Å²) < 4.78 is 5.39. The molecule has 1 aliphatic carbocycles. The number of anilines is 1. The van der Waals surface area contributed by atoms with Crippen molar-refractivity contribution in [1.29, 1.82) is 0 Å². The van der Waals surface area contributed by atoms with Gasteiger partial charge in [-0.15, -0.1) is 0 Å². The van der Waals surface area contributed by atoms with Gasteiger partial charge in [-0.1, -0.05) is 55.8 Å². The first kappa shape index (κ1) is 23.5. The highest BCUT2D eigenvalue weighted by Gasteiger charge is 2.29. The van der Waals surface area contributed by atoms with Crippen LogP contribution in [0.4, 0.5) is 5.69 Å². The van der Waals surface area contributed by atoms with Crippen LogP contribution in [0.3, 0.4) is 0 Å². The maximum Gasteiger partial charge on any atom is 0.259 e.